The lowest BCUT2D eigenvalue weighted by molar-refractivity contribution is 0.116. The van der Waals surface area contributed by atoms with Crippen molar-refractivity contribution >= 4 is 0 Å². The molecule has 0 aliphatic carbocycles. The SMILES string of the molecule is CCCc1ccc(-c2nc(COCCCc3ccccn3)co2)cc1. The zero-order valence-corrected chi connectivity index (χ0v) is 14.6. The highest BCUT2D eigenvalue weighted by atomic mass is 16.5. The lowest BCUT2D eigenvalue weighted by Gasteiger charge is -2.02. The topological polar surface area (TPSA) is 48.2 Å². The van der Waals surface area contributed by atoms with Crippen molar-refractivity contribution in [2.75, 3.05) is 6.61 Å². The molecule has 0 aliphatic heterocycles. The van der Waals surface area contributed by atoms with Crippen molar-refractivity contribution in [3.63, 3.8) is 0 Å². The van der Waals surface area contributed by atoms with Crippen LogP contribution in [-0.4, -0.2) is 16.6 Å². The van der Waals surface area contributed by atoms with Gasteiger partial charge in [-0.15, -0.1) is 0 Å². The fourth-order valence-electron chi connectivity index (χ4n) is 2.69. The maximum absolute atomic E-state index is 5.69. The number of ether oxygens (including phenoxy) is 1. The molecule has 0 fully saturated rings. The largest absolute Gasteiger partial charge is 0.444 e. The van der Waals surface area contributed by atoms with E-state index in [1.807, 2.05) is 24.4 Å². The van der Waals surface area contributed by atoms with Crippen molar-refractivity contribution in [3.05, 3.63) is 71.9 Å². The molecule has 0 aliphatic rings. The van der Waals surface area contributed by atoms with Gasteiger partial charge in [0.25, 0.3) is 0 Å². The Morgan fingerprint density at radius 3 is 2.64 bits per heavy atom. The third-order valence-corrected chi connectivity index (χ3v) is 3.99. The molecule has 25 heavy (non-hydrogen) atoms. The second kappa shape index (κ2) is 9.14. The van der Waals surface area contributed by atoms with E-state index in [1.165, 1.54) is 5.56 Å². The van der Waals surface area contributed by atoms with Gasteiger partial charge in [0.1, 0.15) is 12.0 Å². The predicted molar refractivity (Wildman–Crippen MR) is 98.1 cm³/mol. The van der Waals surface area contributed by atoms with Gasteiger partial charge in [-0.2, -0.15) is 0 Å². The Balaban J connectivity index is 1.43. The van der Waals surface area contributed by atoms with Crippen LogP contribution in [0, 0.1) is 0 Å². The van der Waals surface area contributed by atoms with Crippen LogP contribution >= 0.6 is 0 Å². The molecule has 2 aromatic heterocycles. The Morgan fingerprint density at radius 2 is 1.88 bits per heavy atom. The van der Waals surface area contributed by atoms with Gasteiger partial charge >= 0.3 is 0 Å². The summed E-state index contributed by atoms with van der Waals surface area (Å²) in [6, 6.07) is 14.4. The van der Waals surface area contributed by atoms with Crippen molar-refractivity contribution < 1.29 is 9.15 Å². The molecule has 130 valence electrons. The molecular formula is C21H24N2O2. The first-order chi connectivity index (χ1) is 12.3. The van der Waals surface area contributed by atoms with Crippen LogP contribution in [0.3, 0.4) is 0 Å². The van der Waals surface area contributed by atoms with E-state index in [2.05, 4.69) is 41.2 Å². The zero-order chi connectivity index (χ0) is 17.3. The van der Waals surface area contributed by atoms with Gasteiger partial charge in [-0.05, 0) is 49.1 Å². The van der Waals surface area contributed by atoms with Crippen molar-refractivity contribution in [1.29, 1.82) is 0 Å². The second-order valence-corrected chi connectivity index (χ2v) is 6.07. The normalized spacial score (nSPS) is 10.9. The summed E-state index contributed by atoms with van der Waals surface area (Å²) >= 11 is 0. The quantitative estimate of drug-likeness (QED) is 0.525. The minimum Gasteiger partial charge on any atom is -0.444 e. The van der Waals surface area contributed by atoms with E-state index >= 15 is 0 Å². The molecule has 2 heterocycles. The van der Waals surface area contributed by atoms with Gasteiger partial charge in [0, 0.05) is 24.1 Å². The first-order valence-corrected chi connectivity index (χ1v) is 8.86. The fraction of sp³-hybridized carbons (Fsp3) is 0.333. The predicted octanol–water partition coefficient (Wildman–Crippen LogP) is 4.84. The average molecular weight is 336 g/mol. The molecule has 0 N–H and O–H groups in total. The summed E-state index contributed by atoms with van der Waals surface area (Å²) in [5.41, 5.74) is 4.27. The molecule has 3 rings (SSSR count). The zero-order valence-electron chi connectivity index (χ0n) is 14.6. The highest BCUT2D eigenvalue weighted by Crippen LogP contribution is 2.20. The van der Waals surface area contributed by atoms with Crippen LogP contribution in [0.4, 0.5) is 0 Å². The van der Waals surface area contributed by atoms with Crippen LogP contribution in [0.2, 0.25) is 0 Å². The highest BCUT2D eigenvalue weighted by molar-refractivity contribution is 5.53. The van der Waals surface area contributed by atoms with Crippen LogP contribution in [0.15, 0.2) is 59.3 Å². The summed E-state index contributed by atoms with van der Waals surface area (Å²) in [6.07, 6.45) is 7.62. The number of oxazole rings is 1. The van der Waals surface area contributed by atoms with E-state index in [0.29, 0.717) is 19.1 Å². The Labute approximate surface area is 148 Å². The molecular weight excluding hydrogens is 312 g/mol. The van der Waals surface area contributed by atoms with Crippen LogP contribution < -0.4 is 0 Å². The van der Waals surface area contributed by atoms with E-state index in [0.717, 1.165) is 42.6 Å². The summed E-state index contributed by atoms with van der Waals surface area (Å²) < 4.78 is 11.3. The minimum absolute atomic E-state index is 0.472. The number of benzene rings is 1. The molecule has 0 saturated heterocycles. The molecule has 0 saturated carbocycles. The summed E-state index contributed by atoms with van der Waals surface area (Å²) in [4.78, 5) is 8.81. The van der Waals surface area contributed by atoms with Gasteiger partial charge in [0.15, 0.2) is 0 Å². The second-order valence-electron chi connectivity index (χ2n) is 6.07. The Morgan fingerprint density at radius 1 is 1.00 bits per heavy atom. The van der Waals surface area contributed by atoms with Crippen molar-refractivity contribution in [2.45, 2.75) is 39.2 Å². The number of aromatic nitrogens is 2. The lowest BCUT2D eigenvalue weighted by Crippen LogP contribution is -1.98. The standard InChI is InChI=1S/C21H24N2O2/c1-2-6-17-9-11-18(12-10-17)21-23-20(16-25-21)15-24-14-5-8-19-7-3-4-13-22-19/h3-4,7,9-13,16H,2,5-6,8,14-15H2,1H3. The number of pyridine rings is 1. The van der Waals surface area contributed by atoms with E-state index in [4.69, 9.17) is 9.15 Å². The van der Waals surface area contributed by atoms with Gasteiger partial charge in [0.2, 0.25) is 5.89 Å². The number of hydrogen-bond donors (Lipinski definition) is 0. The first kappa shape index (κ1) is 17.4. The fourth-order valence-corrected chi connectivity index (χ4v) is 2.69. The van der Waals surface area contributed by atoms with E-state index in [1.54, 1.807) is 6.26 Å². The van der Waals surface area contributed by atoms with Gasteiger partial charge in [-0.25, -0.2) is 4.98 Å². The van der Waals surface area contributed by atoms with Crippen LogP contribution in [-0.2, 0) is 24.2 Å². The highest BCUT2D eigenvalue weighted by Gasteiger charge is 2.07. The molecule has 0 radical (unpaired) electrons. The molecule has 3 aromatic rings. The van der Waals surface area contributed by atoms with Crippen molar-refractivity contribution in [3.8, 4) is 11.5 Å². The average Bonchev–Trinajstić information content (AvgIpc) is 3.12. The van der Waals surface area contributed by atoms with Gasteiger partial charge < -0.3 is 9.15 Å². The number of rotatable bonds is 9. The Kier molecular flexibility index (Phi) is 6.35. The Hall–Kier alpha value is -2.46. The summed E-state index contributed by atoms with van der Waals surface area (Å²) in [5.74, 6) is 0.648. The molecule has 0 spiro atoms. The van der Waals surface area contributed by atoms with Crippen molar-refractivity contribution in [1.82, 2.24) is 9.97 Å². The van der Waals surface area contributed by atoms with Crippen LogP contribution in [0.5, 0.6) is 0 Å². The third kappa shape index (κ3) is 5.26. The van der Waals surface area contributed by atoms with Crippen molar-refractivity contribution in [2.24, 2.45) is 0 Å². The van der Waals surface area contributed by atoms with E-state index in [-0.39, 0.29) is 0 Å². The molecule has 0 bridgehead atoms. The maximum atomic E-state index is 5.69. The molecule has 1 aromatic carbocycles. The summed E-state index contributed by atoms with van der Waals surface area (Å²) in [5, 5.41) is 0. The van der Waals surface area contributed by atoms with Gasteiger partial charge in [-0.3, -0.25) is 4.98 Å². The van der Waals surface area contributed by atoms with Gasteiger partial charge in [0.05, 0.1) is 6.61 Å². The van der Waals surface area contributed by atoms with Gasteiger partial charge in [-0.1, -0.05) is 31.5 Å². The minimum atomic E-state index is 0.472. The van der Waals surface area contributed by atoms with Crippen LogP contribution in [0.25, 0.3) is 11.5 Å². The smallest absolute Gasteiger partial charge is 0.226 e. The molecule has 0 amide bonds. The summed E-state index contributed by atoms with van der Waals surface area (Å²) in [7, 11) is 0. The number of hydrogen-bond acceptors (Lipinski definition) is 4. The molecule has 4 heteroatoms. The Bertz CT molecular complexity index is 751. The molecule has 0 atom stereocenters. The maximum Gasteiger partial charge on any atom is 0.226 e. The lowest BCUT2D eigenvalue weighted by atomic mass is 10.1. The molecule has 4 nitrogen and oxygen atoms in total. The number of aryl methyl sites for hydroxylation is 2. The first-order valence-electron chi connectivity index (χ1n) is 8.86. The van der Waals surface area contributed by atoms with Crippen LogP contribution in [0.1, 0.15) is 36.7 Å². The van der Waals surface area contributed by atoms with E-state index in [9.17, 15) is 0 Å². The monoisotopic (exact) mass is 336 g/mol. The van der Waals surface area contributed by atoms with E-state index < -0.39 is 0 Å². The third-order valence-electron chi connectivity index (χ3n) is 3.99. The summed E-state index contributed by atoms with van der Waals surface area (Å²) in [6.45, 7) is 3.34. The number of nitrogens with zero attached hydrogens (tertiary/aromatic N) is 2. The molecule has 0 unspecified atom stereocenters.